The van der Waals surface area contributed by atoms with Crippen molar-refractivity contribution in [1.29, 1.82) is 0 Å². The summed E-state index contributed by atoms with van der Waals surface area (Å²) in [5, 5.41) is 5.93. The lowest BCUT2D eigenvalue weighted by atomic mass is 9.63. The van der Waals surface area contributed by atoms with E-state index >= 15 is 0 Å². The van der Waals surface area contributed by atoms with Gasteiger partial charge >= 0.3 is 0 Å². The van der Waals surface area contributed by atoms with Gasteiger partial charge in [-0.3, -0.25) is 9.59 Å². The van der Waals surface area contributed by atoms with Crippen LogP contribution in [0.1, 0.15) is 43.2 Å². The molecule has 140 valence electrons. The molecular formula is C22H23FN2O2. The number of hydrogen-bond acceptors (Lipinski definition) is 2. The second-order valence-corrected chi connectivity index (χ2v) is 7.59. The standard InChI is InChI=1S/C22H23FN2O2/c23-18-8-2-15(3-9-18)14-24-21(27)22(12-1-13-22)17-6-10-19(11-7-17)25-20(26)16-4-5-16/h2-3,6-11,16H,1,4-5,12-14H2,(H,24,27)(H,25,26). The van der Waals surface area contributed by atoms with Gasteiger partial charge in [0.25, 0.3) is 0 Å². The molecule has 2 aliphatic rings. The third kappa shape index (κ3) is 3.72. The maximum Gasteiger partial charge on any atom is 0.230 e. The van der Waals surface area contributed by atoms with E-state index in [0.29, 0.717) is 6.54 Å². The predicted octanol–water partition coefficient (Wildman–Crippen LogP) is 3.91. The lowest BCUT2D eigenvalue weighted by Crippen LogP contribution is -2.49. The molecule has 0 aromatic heterocycles. The van der Waals surface area contributed by atoms with E-state index in [4.69, 9.17) is 0 Å². The van der Waals surface area contributed by atoms with Crippen LogP contribution in [0.15, 0.2) is 48.5 Å². The Morgan fingerprint density at radius 3 is 2.22 bits per heavy atom. The average Bonchev–Trinajstić information content (AvgIpc) is 3.47. The van der Waals surface area contributed by atoms with Gasteiger partial charge in [0.05, 0.1) is 5.41 Å². The van der Waals surface area contributed by atoms with Crippen molar-refractivity contribution in [1.82, 2.24) is 5.32 Å². The Hall–Kier alpha value is -2.69. The highest BCUT2D eigenvalue weighted by atomic mass is 19.1. The molecule has 0 atom stereocenters. The molecule has 4 nitrogen and oxygen atoms in total. The Bertz CT molecular complexity index is 838. The van der Waals surface area contributed by atoms with Crippen molar-refractivity contribution in [3.63, 3.8) is 0 Å². The van der Waals surface area contributed by atoms with Crippen LogP contribution in [-0.2, 0) is 21.5 Å². The molecule has 0 bridgehead atoms. The van der Waals surface area contributed by atoms with Crippen molar-refractivity contribution in [3.05, 3.63) is 65.5 Å². The normalized spacial score (nSPS) is 17.7. The van der Waals surface area contributed by atoms with Crippen LogP contribution in [0, 0.1) is 11.7 Å². The summed E-state index contributed by atoms with van der Waals surface area (Å²) >= 11 is 0. The number of nitrogens with one attached hydrogen (secondary N) is 2. The molecule has 5 heteroatoms. The van der Waals surface area contributed by atoms with Crippen LogP contribution in [0.25, 0.3) is 0 Å². The van der Waals surface area contributed by atoms with Gasteiger partial charge in [-0.1, -0.05) is 30.7 Å². The molecule has 0 radical (unpaired) electrons. The lowest BCUT2D eigenvalue weighted by Gasteiger charge is -2.40. The molecule has 2 N–H and O–H groups in total. The molecule has 4 rings (SSSR count). The first-order chi connectivity index (χ1) is 13.1. The van der Waals surface area contributed by atoms with Gasteiger partial charge in [0.2, 0.25) is 11.8 Å². The highest BCUT2D eigenvalue weighted by Gasteiger charge is 2.45. The second-order valence-electron chi connectivity index (χ2n) is 7.59. The molecule has 0 aliphatic heterocycles. The van der Waals surface area contributed by atoms with Gasteiger partial charge in [-0.15, -0.1) is 0 Å². The van der Waals surface area contributed by atoms with E-state index in [-0.39, 0.29) is 23.5 Å². The second kappa shape index (κ2) is 7.14. The molecule has 2 aliphatic carbocycles. The first-order valence-corrected chi connectivity index (χ1v) is 9.51. The third-order valence-corrected chi connectivity index (χ3v) is 5.66. The van der Waals surface area contributed by atoms with Crippen LogP contribution in [0.2, 0.25) is 0 Å². The van der Waals surface area contributed by atoms with Crippen molar-refractivity contribution in [2.24, 2.45) is 5.92 Å². The average molecular weight is 366 g/mol. The fraction of sp³-hybridized carbons (Fsp3) is 0.364. The molecule has 2 aromatic carbocycles. The topological polar surface area (TPSA) is 58.2 Å². The number of benzene rings is 2. The number of anilines is 1. The van der Waals surface area contributed by atoms with Gasteiger partial charge < -0.3 is 10.6 Å². The fourth-order valence-electron chi connectivity index (χ4n) is 3.59. The smallest absolute Gasteiger partial charge is 0.230 e. The molecule has 0 saturated heterocycles. The molecule has 27 heavy (non-hydrogen) atoms. The van der Waals surface area contributed by atoms with E-state index < -0.39 is 5.41 Å². The summed E-state index contributed by atoms with van der Waals surface area (Å²) < 4.78 is 13.0. The number of carbonyl (C=O) groups is 2. The van der Waals surface area contributed by atoms with Crippen molar-refractivity contribution < 1.29 is 14.0 Å². The summed E-state index contributed by atoms with van der Waals surface area (Å²) in [5.74, 6) is -0.0275. The minimum atomic E-state index is -0.501. The molecular weight excluding hydrogens is 343 g/mol. The SMILES string of the molecule is O=C(Nc1ccc(C2(C(=O)NCc3ccc(F)cc3)CCC2)cc1)C1CC1. The first kappa shape index (κ1) is 17.7. The van der Waals surface area contributed by atoms with Crippen LogP contribution in [0.3, 0.4) is 0 Å². The van der Waals surface area contributed by atoms with Gasteiger partial charge in [-0.2, -0.15) is 0 Å². The minimum Gasteiger partial charge on any atom is -0.351 e. The zero-order chi connectivity index (χ0) is 18.9. The van der Waals surface area contributed by atoms with Crippen molar-refractivity contribution in [2.45, 2.75) is 44.1 Å². The zero-order valence-corrected chi connectivity index (χ0v) is 15.1. The number of hydrogen-bond donors (Lipinski definition) is 2. The van der Waals surface area contributed by atoms with E-state index in [2.05, 4.69) is 10.6 Å². The summed E-state index contributed by atoms with van der Waals surface area (Å²) in [7, 11) is 0. The van der Waals surface area contributed by atoms with Gasteiger partial charge in [-0.05, 0) is 61.1 Å². The summed E-state index contributed by atoms with van der Waals surface area (Å²) in [4.78, 5) is 24.8. The van der Waals surface area contributed by atoms with Gasteiger partial charge in [0, 0.05) is 18.2 Å². The predicted molar refractivity (Wildman–Crippen MR) is 102 cm³/mol. The van der Waals surface area contributed by atoms with Crippen molar-refractivity contribution >= 4 is 17.5 Å². The fourth-order valence-corrected chi connectivity index (χ4v) is 3.59. The van der Waals surface area contributed by atoms with Crippen LogP contribution in [0.5, 0.6) is 0 Å². The van der Waals surface area contributed by atoms with Gasteiger partial charge in [0.1, 0.15) is 5.82 Å². The number of amides is 2. The molecule has 0 heterocycles. The van der Waals surface area contributed by atoms with Crippen LogP contribution in [0.4, 0.5) is 10.1 Å². The Morgan fingerprint density at radius 2 is 1.67 bits per heavy atom. The van der Waals surface area contributed by atoms with Gasteiger partial charge in [-0.25, -0.2) is 4.39 Å². The summed E-state index contributed by atoms with van der Waals surface area (Å²) in [6, 6.07) is 13.8. The largest absolute Gasteiger partial charge is 0.351 e. The molecule has 2 fully saturated rings. The monoisotopic (exact) mass is 366 g/mol. The Labute approximate surface area is 158 Å². The van der Waals surface area contributed by atoms with E-state index in [0.717, 1.165) is 48.9 Å². The quantitative estimate of drug-likeness (QED) is 0.814. The lowest BCUT2D eigenvalue weighted by molar-refractivity contribution is -0.130. The summed E-state index contributed by atoms with van der Waals surface area (Å²) in [5.41, 5.74) is 2.13. The Morgan fingerprint density at radius 1 is 1.00 bits per heavy atom. The number of carbonyl (C=O) groups excluding carboxylic acids is 2. The van der Waals surface area contributed by atoms with Crippen LogP contribution < -0.4 is 10.6 Å². The molecule has 2 amide bonds. The number of halogens is 1. The maximum absolute atomic E-state index is 13.0. The summed E-state index contributed by atoms with van der Waals surface area (Å²) in [6.07, 6.45) is 4.60. The first-order valence-electron chi connectivity index (χ1n) is 9.51. The Kier molecular flexibility index (Phi) is 4.68. The highest BCUT2D eigenvalue weighted by molar-refractivity contribution is 5.94. The van der Waals surface area contributed by atoms with E-state index in [1.54, 1.807) is 12.1 Å². The maximum atomic E-state index is 13.0. The van der Waals surface area contributed by atoms with Crippen molar-refractivity contribution in [3.8, 4) is 0 Å². The van der Waals surface area contributed by atoms with E-state index in [1.165, 1.54) is 12.1 Å². The van der Waals surface area contributed by atoms with Gasteiger partial charge in [0.15, 0.2) is 0 Å². The summed E-state index contributed by atoms with van der Waals surface area (Å²) in [6.45, 7) is 0.385. The number of rotatable bonds is 6. The Balaban J connectivity index is 1.42. The molecule has 0 unspecified atom stereocenters. The van der Waals surface area contributed by atoms with E-state index in [9.17, 15) is 14.0 Å². The van der Waals surface area contributed by atoms with Crippen LogP contribution >= 0.6 is 0 Å². The zero-order valence-electron chi connectivity index (χ0n) is 15.1. The van der Waals surface area contributed by atoms with E-state index in [1.807, 2.05) is 24.3 Å². The molecule has 2 saturated carbocycles. The minimum absolute atomic E-state index is 0.00726. The molecule has 2 aromatic rings. The highest BCUT2D eigenvalue weighted by Crippen LogP contribution is 2.44. The third-order valence-electron chi connectivity index (χ3n) is 5.66. The molecule has 0 spiro atoms. The van der Waals surface area contributed by atoms with Crippen LogP contribution in [-0.4, -0.2) is 11.8 Å². The van der Waals surface area contributed by atoms with Crippen molar-refractivity contribution in [2.75, 3.05) is 5.32 Å².